The van der Waals surface area contributed by atoms with Crippen molar-refractivity contribution in [3.8, 4) is 5.75 Å². The number of aryl methyl sites for hydroxylation is 1. The van der Waals surface area contributed by atoms with E-state index in [-0.39, 0.29) is 0 Å². The molecule has 0 spiro atoms. The van der Waals surface area contributed by atoms with Crippen molar-refractivity contribution in [1.82, 2.24) is 9.30 Å². The summed E-state index contributed by atoms with van der Waals surface area (Å²) in [4.78, 5) is 21.4. The molecule has 0 bridgehead atoms. The van der Waals surface area contributed by atoms with Gasteiger partial charge in [0.2, 0.25) is 9.84 Å². The number of hydrogen-bond acceptors (Lipinski definition) is 6. The molecule has 2 aromatic heterocycles. The van der Waals surface area contributed by atoms with Crippen LogP contribution in [0, 0.1) is 0 Å². The minimum atomic E-state index is -3.63. The second-order valence-corrected chi connectivity index (χ2v) is 11.1. The summed E-state index contributed by atoms with van der Waals surface area (Å²) < 4.78 is 35.0. The molecule has 0 aliphatic heterocycles. The molecule has 214 valence electrons. The van der Waals surface area contributed by atoms with Crippen LogP contribution >= 0.6 is 0 Å². The lowest BCUT2D eigenvalue weighted by Gasteiger charge is -2.20. The molecule has 0 aliphatic rings. The van der Waals surface area contributed by atoms with E-state index >= 15 is 0 Å². The van der Waals surface area contributed by atoms with Gasteiger partial charge in [-0.3, -0.25) is 0 Å². The van der Waals surface area contributed by atoms with Gasteiger partial charge < -0.3 is 24.3 Å². The quantitative estimate of drug-likeness (QED) is 0.205. The molecular formula is C29H40N2O7S. The van der Waals surface area contributed by atoms with Gasteiger partial charge in [-0.25, -0.2) is 18.0 Å². The fraction of sp³-hybridized carbons (Fsp3) is 0.448. The van der Waals surface area contributed by atoms with Crippen molar-refractivity contribution in [2.75, 3.05) is 26.2 Å². The Morgan fingerprint density at radius 1 is 0.872 bits per heavy atom. The molecule has 2 heterocycles. The molecule has 3 rings (SSSR count). The summed E-state index contributed by atoms with van der Waals surface area (Å²) in [5.41, 5.74) is 1.61. The Hall–Kier alpha value is -3.37. The van der Waals surface area contributed by atoms with Gasteiger partial charge in [-0.05, 0) is 87.2 Å². The third-order valence-corrected chi connectivity index (χ3v) is 7.96. The summed E-state index contributed by atoms with van der Waals surface area (Å²) in [5.74, 6) is -2.94. The van der Waals surface area contributed by atoms with Gasteiger partial charge in [-0.2, -0.15) is 0 Å². The monoisotopic (exact) mass is 560 g/mol. The largest absolute Gasteiger partial charge is 0.494 e. The Balaban J connectivity index is 0.000000798. The van der Waals surface area contributed by atoms with Crippen LogP contribution < -0.4 is 4.74 Å². The van der Waals surface area contributed by atoms with Crippen LogP contribution in [0.15, 0.2) is 64.6 Å². The van der Waals surface area contributed by atoms with Crippen molar-refractivity contribution in [3.05, 3.63) is 60.4 Å². The van der Waals surface area contributed by atoms with Crippen LogP contribution in [-0.4, -0.2) is 66.1 Å². The zero-order valence-corrected chi connectivity index (χ0v) is 23.8. The molecule has 1 aromatic carbocycles. The molecular weight excluding hydrogens is 520 g/mol. The molecule has 0 saturated carbocycles. The van der Waals surface area contributed by atoms with Crippen molar-refractivity contribution < 1.29 is 33.0 Å². The second kappa shape index (κ2) is 15.9. The van der Waals surface area contributed by atoms with Gasteiger partial charge in [0.1, 0.15) is 10.6 Å². The van der Waals surface area contributed by atoms with E-state index in [1.54, 1.807) is 24.3 Å². The third kappa shape index (κ3) is 9.40. The molecule has 0 radical (unpaired) electrons. The number of pyridine rings is 1. The van der Waals surface area contributed by atoms with Crippen LogP contribution in [0.2, 0.25) is 0 Å². The molecule has 10 heteroatoms. The predicted octanol–water partition coefficient (Wildman–Crippen LogP) is 5.16. The number of aromatic nitrogens is 1. The molecule has 0 amide bonds. The maximum absolute atomic E-state index is 13.6. The first-order chi connectivity index (χ1) is 18.6. The normalized spacial score (nSPS) is 11.3. The second-order valence-electron chi connectivity index (χ2n) is 9.21. The maximum atomic E-state index is 13.6. The van der Waals surface area contributed by atoms with E-state index < -0.39 is 21.8 Å². The molecule has 0 fully saturated rings. The SMILES string of the molecule is CCCCc1cn2ccccc2c1S(=O)(=O)c1ccc(OCCCN(CCC)CCC)cc1.O=C(O)C(=O)O. The lowest BCUT2D eigenvalue weighted by atomic mass is 10.1. The summed E-state index contributed by atoms with van der Waals surface area (Å²) in [6.45, 7) is 10.4. The molecule has 0 saturated heterocycles. The first-order valence-electron chi connectivity index (χ1n) is 13.4. The van der Waals surface area contributed by atoms with Gasteiger partial charge in [-0.15, -0.1) is 0 Å². The lowest BCUT2D eigenvalue weighted by molar-refractivity contribution is -0.159. The summed E-state index contributed by atoms with van der Waals surface area (Å²) in [7, 11) is -3.63. The first-order valence-corrected chi connectivity index (χ1v) is 14.9. The summed E-state index contributed by atoms with van der Waals surface area (Å²) in [6, 6.07) is 12.6. The molecule has 9 nitrogen and oxygen atoms in total. The van der Waals surface area contributed by atoms with E-state index in [1.807, 2.05) is 35.0 Å². The number of sulfone groups is 1. The summed E-state index contributed by atoms with van der Waals surface area (Å²) in [5, 5.41) is 14.8. The minimum Gasteiger partial charge on any atom is -0.494 e. The average molecular weight is 561 g/mol. The van der Waals surface area contributed by atoms with Crippen LogP contribution in [0.3, 0.4) is 0 Å². The van der Waals surface area contributed by atoms with Crippen molar-refractivity contribution in [2.45, 2.75) is 69.1 Å². The number of carboxylic acid groups (broad SMARTS) is 2. The minimum absolute atomic E-state index is 0.307. The fourth-order valence-corrected chi connectivity index (χ4v) is 5.97. The van der Waals surface area contributed by atoms with Crippen molar-refractivity contribution in [3.63, 3.8) is 0 Å². The Morgan fingerprint density at radius 2 is 1.51 bits per heavy atom. The number of carbonyl (C=O) groups is 2. The van der Waals surface area contributed by atoms with Crippen LogP contribution in [0.4, 0.5) is 0 Å². The zero-order chi connectivity index (χ0) is 28.8. The molecule has 0 aliphatic carbocycles. The van der Waals surface area contributed by atoms with E-state index in [0.717, 1.165) is 69.2 Å². The van der Waals surface area contributed by atoms with E-state index in [4.69, 9.17) is 24.5 Å². The number of ether oxygens (including phenoxy) is 1. The Morgan fingerprint density at radius 3 is 2.08 bits per heavy atom. The lowest BCUT2D eigenvalue weighted by Crippen LogP contribution is -2.27. The zero-order valence-electron chi connectivity index (χ0n) is 23.0. The smallest absolute Gasteiger partial charge is 0.414 e. The van der Waals surface area contributed by atoms with Gasteiger partial charge in [0.05, 0.1) is 17.0 Å². The molecule has 0 atom stereocenters. The van der Waals surface area contributed by atoms with Gasteiger partial charge in [0.25, 0.3) is 0 Å². The Labute approximate surface area is 230 Å². The van der Waals surface area contributed by atoms with E-state index in [2.05, 4.69) is 25.7 Å². The molecule has 3 aromatic rings. The predicted molar refractivity (Wildman–Crippen MR) is 150 cm³/mol. The first kappa shape index (κ1) is 31.8. The highest BCUT2D eigenvalue weighted by molar-refractivity contribution is 7.91. The number of nitrogens with zero attached hydrogens (tertiary/aromatic N) is 2. The number of benzene rings is 1. The van der Waals surface area contributed by atoms with Gasteiger partial charge >= 0.3 is 11.9 Å². The number of fused-ring (bicyclic) bond motifs is 1. The third-order valence-electron chi connectivity index (χ3n) is 6.06. The number of hydrogen-bond donors (Lipinski definition) is 2. The standard InChI is InChI=1S/C27H38N2O3S.C2H2O4/c1-4-7-11-23-22-29-20-9-8-12-26(29)27(23)33(30,31)25-15-13-24(14-16-25)32-21-10-19-28(17-5-2)18-6-3;3-1(4)2(5)6/h8-9,12-16,20,22H,4-7,10-11,17-19,21H2,1-3H3;(H,3,4)(H,5,6). The van der Waals surface area contributed by atoms with Crippen LogP contribution in [0.1, 0.15) is 58.4 Å². The highest BCUT2D eigenvalue weighted by Crippen LogP contribution is 2.31. The summed E-state index contributed by atoms with van der Waals surface area (Å²) in [6.07, 6.45) is 9.87. The van der Waals surface area contributed by atoms with Crippen molar-refractivity contribution >= 4 is 27.3 Å². The van der Waals surface area contributed by atoms with Crippen LogP contribution in [-0.2, 0) is 25.8 Å². The maximum Gasteiger partial charge on any atom is 0.414 e. The topological polar surface area (TPSA) is 126 Å². The summed E-state index contributed by atoms with van der Waals surface area (Å²) >= 11 is 0. The number of aliphatic carboxylic acids is 2. The Kier molecular flexibility index (Phi) is 13.0. The highest BCUT2D eigenvalue weighted by atomic mass is 32.2. The number of rotatable bonds is 14. The van der Waals surface area contributed by atoms with Crippen LogP contribution in [0.5, 0.6) is 5.75 Å². The van der Waals surface area contributed by atoms with Crippen molar-refractivity contribution in [2.24, 2.45) is 0 Å². The molecule has 2 N–H and O–H groups in total. The average Bonchev–Trinajstić information content (AvgIpc) is 3.30. The van der Waals surface area contributed by atoms with Crippen molar-refractivity contribution in [1.29, 1.82) is 0 Å². The van der Waals surface area contributed by atoms with Gasteiger partial charge in [0, 0.05) is 18.9 Å². The molecule has 0 unspecified atom stereocenters. The van der Waals surface area contributed by atoms with E-state index in [9.17, 15) is 8.42 Å². The van der Waals surface area contributed by atoms with Crippen LogP contribution in [0.25, 0.3) is 5.52 Å². The number of unbranched alkanes of at least 4 members (excludes halogenated alkanes) is 1. The molecule has 39 heavy (non-hydrogen) atoms. The number of carboxylic acids is 2. The van der Waals surface area contributed by atoms with Gasteiger partial charge in [0.15, 0.2) is 0 Å². The van der Waals surface area contributed by atoms with Gasteiger partial charge in [-0.1, -0.05) is 33.3 Å². The van der Waals surface area contributed by atoms with E-state index in [0.29, 0.717) is 22.1 Å². The Bertz CT molecular complexity index is 1280. The highest BCUT2D eigenvalue weighted by Gasteiger charge is 2.25. The van der Waals surface area contributed by atoms with E-state index in [1.165, 1.54) is 0 Å². The fourth-order valence-electron chi connectivity index (χ4n) is 4.29.